The fraction of sp³-hybridized carbons (Fsp3) is 0.917. The van der Waals surface area contributed by atoms with Crippen molar-refractivity contribution in [2.75, 3.05) is 5.75 Å². The highest BCUT2D eigenvalue weighted by Gasteiger charge is 2.31. The second kappa shape index (κ2) is 6.50. The van der Waals surface area contributed by atoms with Gasteiger partial charge >= 0.3 is 5.97 Å². The van der Waals surface area contributed by atoms with Crippen LogP contribution >= 0.6 is 11.8 Å². The van der Waals surface area contributed by atoms with Gasteiger partial charge in [0.15, 0.2) is 0 Å². The predicted molar refractivity (Wildman–Crippen MR) is 68.8 cm³/mol. The molecule has 0 bridgehead atoms. The van der Waals surface area contributed by atoms with Gasteiger partial charge in [0, 0.05) is 5.25 Å². The Hall–Kier alpha value is -0.220. The molecule has 1 saturated carbocycles. The molecule has 1 fully saturated rings. The highest BCUT2D eigenvalue weighted by molar-refractivity contribution is 7.99. The van der Waals surface area contributed by atoms with Gasteiger partial charge in [0.2, 0.25) is 0 Å². The van der Waals surface area contributed by atoms with E-state index in [1.54, 1.807) is 0 Å². The largest absolute Gasteiger partial charge is 0.480 e. The van der Waals surface area contributed by atoms with Gasteiger partial charge in [-0.25, -0.2) is 0 Å². The second-order valence-electron chi connectivity index (χ2n) is 4.70. The topological polar surface area (TPSA) is 63.3 Å². The zero-order valence-corrected chi connectivity index (χ0v) is 10.9. The SMILES string of the molecule is CCC(N)(CCCSC1CCCC1)C(=O)O. The van der Waals surface area contributed by atoms with Crippen LogP contribution in [-0.4, -0.2) is 27.6 Å². The molecule has 0 heterocycles. The molecule has 0 aromatic carbocycles. The van der Waals surface area contributed by atoms with E-state index >= 15 is 0 Å². The summed E-state index contributed by atoms with van der Waals surface area (Å²) in [6, 6.07) is 0. The molecule has 3 nitrogen and oxygen atoms in total. The second-order valence-corrected chi connectivity index (χ2v) is 6.10. The summed E-state index contributed by atoms with van der Waals surface area (Å²) >= 11 is 2.00. The van der Waals surface area contributed by atoms with Gasteiger partial charge in [-0.2, -0.15) is 11.8 Å². The average Bonchev–Trinajstić information content (AvgIpc) is 2.76. The summed E-state index contributed by atoms with van der Waals surface area (Å²) in [7, 11) is 0. The standard InChI is InChI=1S/C12H23NO2S/c1-2-12(13,11(14)15)8-5-9-16-10-6-3-4-7-10/h10H,2-9,13H2,1H3,(H,14,15). The van der Waals surface area contributed by atoms with Gasteiger partial charge in [-0.15, -0.1) is 0 Å². The minimum Gasteiger partial charge on any atom is -0.480 e. The molecule has 0 radical (unpaired) electrons. The van der Waals surface area contributed by atoms with Crippen LogP contribution in [0.25, 0.3) is 0 Å². The Balaban J connectivity index is 2.15. The van der Waals surface area contributed by atoms with E-state index in [1.807, 2.05) is 18.7 Å². The highest BCUT2D eigenvalue weighted by Crippen LogP contribution is 2.30. The van der Waals surface area contributed by atoms with E-state index in [4.69, 9.17) is 10.8 Å². The Morgan fingerprint density at radius 1 is 1.50 bits per heavy atom. The third-order valence-corrected chi connectivity index (χ3v) is 4.95. The summed E-state index contributed by atoms with van der Waals surface area (Å²) in [5.41, 5.74) is 4.82. The molecule has 0 amide bonds. The van der Waals surface area contributed by atoms with E-state index in [-0.39, 0.29) is 0 Å². The quantitative estimate of drug-likeness (QED) is 0.677. The minimum absolute atomic E-state index is 0.510. The van der Waals surface area contributed by atoms with Gasteiger partial charge < -0.3 is 10.8 Å². The Bertz CT molecular complexity index is 229. The van der Waals surface area contributed by atoms with Crippen LogP contribution in [0.2, 0.25) is 0 Å². The van der Waals surface area contributed by atoms with Crippen LogP contribution in [0.15, 0.2) is 0 Å². The Morgan fingerprint density at radius 3 is 2.62 bits per heavy atom. The summed E-state index contributed by atoms with van der Waals surface area (Å²) in [6.07, 6.45) is 7.42. The lowest BCUT2D eigenvalue weighted by Gasteiger charge is -2.22. The van der Waals surface area contributed by atoms with E-state index in [1.165, 1.54) is 25.7 Å². The van der Waals surface area contributed by atoms with Crippen LogP contribution in [0, 0.1) is 0 Å². The first-order chi connectivity index (χ1) is 7.58. The molecule has 4 heteroatoms. The lowest BCUT2D eigenvalue weighted by atomic mass is 9.92. The van der Waals surface area contributed by atoms with Crippen LogP contribution in [0.5, 0.6) is 0 Å². The third-order valence-electron chi connectivity index (χ3n) is 3.48. The summed E-state index contributed by atoms with van der Waals surface area (Å²) < 4.78 is 0. The number of hydrogen-bond acceptors (Lipinski definition) is 3. The molecule has 0 aliphatic heterocycles. The molecule has 1 atom stereocenters. The van der Waals surface area contributed by atoms with Gasteiger partial charge in [-0.3, -0.25) is 4.79 Å². The highest BCUT2D eigenvalue weighted by atomic mass is 32.2. The maximum absolute atomic E-state index is 11.0. The van der Waals surface area contributed by atoms with Crippen LogP contribution in [0.1, 0.15) is 51.9 Å². The molecular weight excluding hydrogens is 222 g/mol. The van der Waals surface area contributed by atoms with E-state index in [0.717, 1.165) is 17.4 Å². The van der Waals surface area contributed by atoms with Crippen molar-refractivity contribution in [3.05, 3.63) is 0 Å². The van der Waals surface area contributed by atoms with Crippen molar-refractivity contribution < 1.29 is 9.90 Å². The molecule has 16 heavy (non-hydrogen) atoms. The Morgan fingerprint density at radius 2 is 2.12 bits per heavy atom. The Labute approximate surface area is 102 Å². The van der Waals surface area contributed by atoms with Crippen molar-refractivity contribution in [1.29, 1.82) is 0 Å². The normalized spacial score (nSPS) is 20.9. The lowest BCUT2D eigenvalue weighted by molar-refractivity contribution is -0.143. The summed E-state index contributed by atoms with van der Waals surface area (Å²) in [4.78, 5) is 11.0. The van der Waals surface area contributed by atoms with Crippen molar-refractivity contribution in [3.63, 3.8) is 0 Å². The molecule has 94 valence electrons. The van der Waals surface area contributed by atoms with E-state index in [2.05, 4.69) is 0 Å². The molecule has 0 aromatic rings. The van der Waals surface area contributed by atoms with E-state index in [9.17, 15) is 4.79 Å². The third kappa shape index (κ3) is 3.98. The first-order valence-electron chi connectivity index (χ1n) is 6.22. The molecule has 1 aliphatic rings. The number of nitrogens with two attached hydrogens (primary N) is 1. The van der Waals surface area contributed by atoms with Gasteiger partial charge in [0.05, 0.1) is 0 Å². The van der Waals surface area contributed by atoms with Crippen LogP contribution in [-0.2, 0) is 4.79 Å². The zero-order chi connectivity index (χ0) is 12.0. The number of hydrogen-bond donors (Lipinski definition) is 2. The molecule has 3 N–H and O–H groups in total. The first kappa shape index (κ1) is 13.8. The van der Waals surface area contributed by atoms with Gasteiger partial charge in [0.1, 0.15) is 5.54 Å². The number of carbonyl (C=O) groups is 1. The van der Waals surface area contributed by atoms with Crippen molar-refractivity contribution >= 4 is 17.7 Å². The molecule has 0 spiro atoms. The number of thioether (sulfide) groups is 1. The minimum atomic E-state index is -1.00. The molecule has 1 unspecified atom stereocenters. The maximum atomic E-state index is 11.0. The smallest absolute Gasteiger partial charge is 0.323 e. The van der Waals surface area contributed by atoms with Crippen molar-refractivity contribution in [1.82, 2.24) is 0 Å². The van der Waals surface area contributed by atoms with E-state index < -0.39 is 11.5 Å². The van der Waals surface area contributed by atoms with Gasteiger partial charge in [-0.1, -0.05) is 19.8 Å². The van der Waals surface area contributed by atoms with Crippen LogP contribution < -0.4 is 5.73 Å². The monoisotopic (exact) mass is 245 g/mol. The maximum Gasteiger partial charge on any atom is 0.323 e. The summed E-state index contributed by atoms with van der Waals surface area (Å²) in [6.45, 7) is 1.85. The fourth-order valence-corrected chi connectivity index (χ4v) is 3.44. The molecule has 0 aromatic heterocycles. The van der Waals surface area contributed by atoms with Crippen LogP contribution in [0.3, 0.4) is 0 Å². The number of rotatable bonds is 7. The number of aliphatic carboxylic acids is 1. The first-order valence-corrected chi connectivity index (χ1v) is 7.27. The number of carboxylic acids is 1. The van der Waals surface area contributed by atoms with Crippen LogP contribution in [0.4, 0.5) is 0 Å². The lowest BCUT2D eigenvalue weighted by Crippen LogP contribution is -2.47. The summed E-state index contributed by atoms with van der Waals surface area (Å²) in [5.74, 6) is 0.192. The summed E-state index contributed by atoms with van der Waals surface area (Å²) in [5, 5.41) is 9.83. The molecular formula is C12H23NO2S. The van der Waals surface area contributed by atoms with Crippen molar-refractivity contribution in [2.45, 2.75) is 62.7 Å². The molecule has 0 saturated heterocycles. The molecule has 1 rings (SSSR count). The zero-order valence-electron chi connectivity index (χ0n) is 10.1. The van der Waals surface area contributed by atoms with Gasteiger partial charge in [0.25, 0.3) is 0 Å². The average molecular weight is 245 g/mol. The van der Waals surface area contributed by atoms with Gasteiger partial charge in [-0.05, 0) is 37.9 Å². The Kier molecular flexibility index (Phi) is 5.62. The van der Waals surface area contributed by atoms with Crippen molar-refractivity contribution in [3.8, 4) is 0 Å². The van der Waals surface area contributed by atoms with Crippen molar-refractivity contribution in [2.24, 2.45) is 5.73 Å². The number of carboxylic acid groups (broad SMARTS) is 1. The fourth-order valence-electron chi connectivity index (χ4n) is 2.13. The predicted octanol–water partition coefficient (Wildman–Crippen LogP) is 2.63. The van der Waals surface area contributed by atoms with E-state index in [0.29, 0.717) is 12.8 Å². The molecule has 1 aliphatic carbocycles.